The Morgan fingerprint density at radius 2 is 1.84 bits per heavy atom. The summed E-state index contributed by atoms with van der Waals surface area (Å²) < 4.78 is 1.37. The maximum Gasteiger partial charge on any atom is 0.282 e. The number of hydrogen-bond acceptors (Lipinski definition) is 3. The third-order valence-corrected chi connectivity index (χ3v) is 4.43. The predicted molar refractivity (Wildman–Crippen MR) is 88.2 cm³/mol. The van der Waals surface area contributed by atoms with Crippen LogP contribution < -0.4 is 5.32 Å². The van der Waals surface area contributed by atoms with Crippen LogP contribution in [0.15, 0.2) is 40.9 Å². The van der Waals surface area contributed by atoms with E-state index in [0.29, 0.717) is 8.59 Å². The fourth-order valence-electron chi connectivity index (χ4n) is 1.47. The Labute approximate surface area is 136 Å². The molecule has 0 aromatic heterocycles. The number of rotatable bonds is 3. The SMILES string of the molecule is O=[N+]([O-])c1ccc(Nc2ccc(Cl)c(Br)c2)cc1I. The molecule has 0 fully saturated rings. The van der Waals surface area contributed by atoms with Gasteiger partial charge in [0.1, 0.15) is 0 Å². The number of anilines is 2. The average molecular weight is 453 g/mol. The van der Waals surface area contributed by atoms with E-state index in [1.54, 1.807) is 18.2 Å². The molecule has 2 aromatic carbocycles. The molecule has 2 rings (SSSR count). The molecule has 0 aliphatic carbocycles. The lowest BCUT2D eigenvalue weighted by atomic mass is 10.2. The van der Waals surface area contributed by atoms with Gasteiger partial charge in [0.2, 0.25) is 0 Å². The second-order valence-corrected chi connectivity index (χ2v) is 6.10. The van der Waals surface area contributed by atoms with E-state index in [2.05, 4.69) is 21.2 Å². The van der Waals surface area contributed by atoms with Crippen molar-refractivity contribution in [1.29, 1.82) is 0 Å². The molecule has 0 spiro atoms. The summed E-state index contributed by atoms with van der Waals surface area (Å²) in [5, 5.41) is 14.5. The van der Waals surface area contributed by atoms with Gasteiger partial charge < -0.3 is 5.32 Å². The topological polar surface area (TPSA) is 55.2 Å². The molecule has 0 bridgehead atoms. The Morgan fingerprint density at radius 1 is 1.21 bits per heavy atom. The highest BCUT2D eigenvalue weighted by molar-refractivity contribution is 14.1. The average Bonchev–Trinajstić information content (AvgIpc) is 2.33. The minimum Gasteiger partial charge on any atom is -0.355 e. The summed E-state index contributed by atoms with van der Waals surface area (Å²) in [6.45, 7) is 0. The summed E-state index contributed by atoms with van der Waals surface area (Å²) in [4.78, 5) is 10.3. The molecule has 0 amide bonds. The van der Waals surface area contributed by atoms with E-state index in [-0.39, 0.29) is 5.69 Å². The summed E-state index contributed by atoms with van der Waals surface area (Å²) >= 11 is 11.2. The first-order valence-corrected chi connectivity index (χ1v) is 7.38. The van der Waals surface area contributed by atoms with Crippen LogP contribution in [0.25, 0.3) is 0 Å². The van der Waals surface area contributed by atoms with Crippen molar-refractivity contribution in [3.05, 3.63) is 59.6 Å². The number of benzene rings is 2. The molecule has 0 saturated carbocycles. The fourth-order valence-corrected chi connectivity index (χ4v) is 2.68. The lowest BCUT2D eigenvalue weighted by Gasteiger charge is -2.08. The second-order valence-electron chi connectivity index (χ2n) is 3.68. The van der Waals surface area contributed by atoms with Crippen molar-refractivity contribution in [2.24, 2.45) is 0 Å². The zero-order valence-corrected chi connectivity index (χ0v) is 13.9. The Kier molecular flexibility index (Phi) is 4.64. The van der Waals surface area contributed by atoms with Gasteiger partial charge in [-0.2, -0.15) is 0 Å². The van der Waals surface area contributed by atoms with Gasteiger partial charge in [0.05, 0.1) is 13.5 Å². The molecule has 7 heteroatoms. The van der Waals surface area contributed by atoms with Crippen LogP contribution in [0, 0.1) is 13.7 Å². The number of nitrogens with zero attached hydrogens (tertiary/aromatic N) is 1. The standard InChI is InChI=1S/C12H7BrClIN2O2/c13-9-5-7(1-3-10(9)14)16-8-2-4-12(17(18)19)11(15)6-8/h1-6,16H. The molecule has 0 radical (unpaired) electrons. The number of hydrogen-bond donors (Lipinski definition) is 1. The van der Waals surface area contributed by atoms with E-state index >= 15 is 0 Å². The van der Waals surface area contributed by atoms with Crippen molar-refractivity contribution >= 4 is 67.2 Å². The van der Waals surface area contributed by atoms with Crippen molar-refractivity contribution < 1.29 is 4.92 Å². The van der Waals surface area contributed by atoms with Crippen molar-refractivity contribution in [2.75, 3.05) is 5.32 Å². The zero-order valence-electron chi connectivity index (χ0n) is 9.36. The van der Waals surface area contributed by atoms with Crippen LogP contribution in [0.5, 0.6) is 0 Å². The van der Waals surface area contributed by atoms with Crippen molar-refractivity contribution in [3.8, 4) is 0 Å². The van der Waals surface area contributed by atoms with Crippen LogP contribution in [0.2, 0.25) is 5.02 Å². The smallest absolute Gasteiger partial charge is 0.282 e. The Bertz CT molecular complexity index is 652. The molecule has 0 atom stereocenters. The van der Waals surface area contributed by atoms with Gasteiger partial charge in [-0.1, -0.05) is 11.6 Å². The number of nitrogens with one attached hydrogen (secondary N) is 1. The molecule has 19 heavy (non-hydrogen) atoms. The normalized spacial score (nSPS) is 10.3. The van der Waals surface area contributed by atoms with Crippen LogP contribution in [0.1, 0.15) is 0 Å². The lowest BCUT2D eigenvalue weighted by Crippen LogP contribution is -1.95. The molecule has 0 unspecified atom stereocenters. The van der Waals surface area contributed by atoms with E-state index in [9.17, 15) is 10.1 Å². The van der Waals surface area contributed by atoms with Gasteiger partial charge in [-0.25, -0.2) is 0 Å². The summed E-state index contributed by atoms with van der Waals surface area (Å²) in [5.74, 6) is 0. The van der Waals surface area contributed by atoms with Crippen molar-refractivity contribution in [1.82, 2.24) is 0 Å². The Hall–Kier alpha value is -0.860. The number of nitro groups is 1. The molecular formula is C12H7BrClIN2O2. The first kappa shape index (κ1) is 14.5. The van der Waals surface area contributed by atoms with Crippen LogP contribution in [-0.2, 0) is 0 Å². The van der Waals surface area contributed by atoms with Crippen LogP contribution >= 0.6 is 50.1 Å². The van der Waals surface area contributed by atoms with E-state index < -0.39 is 4.92 Å². The largest absolute Gasteiger partial charge is 0.355 e. The quantitative estimate of drug-likeness (QED) is 0.387. The molecular weight excluding hydrogens is 446 g/mol. The maximum atomic E-state index is 10.7. The number of halogens is 3. The fraction of sp³-hybridized carbons (Fsp3) is 0. The first-order valence-electron chi connectivity index (χ1n) is 5.13. The number of nitro benzene ring substituents is 1. The molecule has 98 valence electrons. The monoisotopic (exact) mass is 452 g/mol. The van der Waals surface area contributed by atoms with Crippen LogP contribution in [-0.4, -0.2) is 4.92 Å². The molecule has 0 aliphatic rings. The highest BCUT2D eigenvalue weighted by Gasteiger charge is 2.11. The Balaban J connectivity index is 2.26. The maximum absolute atomic E-state index is 10.7. The predicted octanol–water partition coefficient (Wildman–Crippen LogP) is 5.36. The van der Waals surface area contributed by atoms with Crippen LogP contribution in [0.3, 0.4) is 0 Å². The molecule has 0 aliphatic heterocycles. The van der Waals surface area contributed by atoms with E-state index in [1.165, 1.54) is 6.07 Å². The molecule has 1 N–H and O–H groups in total. The molecule has 0 heterocycles. The zero-order chi connectivity index (χ0) is 14.0. The summed E-state index contributed by atoms with van der Waals surface area (Å²) in [6.07, 6.45) is 0. The third kappa shape index (κ3) is 3.58. The van der Waals surface area contributed by atoms with Crippen molar-refractivity contribution in [2.45, 2.75) is 0 Å². The third-order valence-electron chi connectivity index (χ3n) is 2.35. The van der Waals surface area contributed by atoms with Gasteiger partial charge in [0, 0.05) is 21.9 Å². The van der Waals surface area contributed by atoms with Gasteiger partial charge in [-0.3, -0.25) is 10.1 Å². The van der Waals surface area contributed by atoms with Gasteiger partial charge >= 0.3 is 0 Å². The van der Waals surface area contributed by atoms with E-state index in [1.807, 2.05) is 34.7 Å². The summed E-state index contributed by atoms with van der Waals surface area (Å²) in [6, 6.07) is 10.3. The Morgan fingerprint density at radius 3 is 2.42 bits per heavy atom. The highest BCUT2D eigenvalue weighted by atomic mass is 127. The van der Waals surface area contributed by atoms with Crippen molar-refractivity contribution in [3.63, 3.8) is 0 Å². The minimum absolute atomic E-state index is 0.100. The highest BCUT2D eigenvalue weighted by Crippen LogP contribution is 2.29. The van der Waals surface area contributed by atoms with E-state index in [4.69, 9.17) is 11.6 Å². The van der Waals surface area contributed by atoms with Gasteiger partial charge in [-0.15, -0.1) is 0 Å². The van der Waals surface area contributed by atoms with Gasteiger partial charge in [-0.05, 0) is 68.9 Å². The lowest BCUT2D eigenvalue weighted by molar-refractivity contribution is -0.385. The second kappa shape index (κ2) is 6.06. The summed E-state index contributed by atoms with van der Waals surface area (Å²) in [7, 11) is 0. The minimum atomic E-state index is -0.398. The first-order chi connectivity index (χ1) is 8.97. The van der Waals surface area contributed by atoms with Gasteiger partial charge in [0.15, 0.2) is 0 Å². The van der Waals surface area contributed by atoms with E-state index in [0.717, 1.165) is 15.8 Å². The van der Waals surface area contributed by atoms with Gasteiger partial charge in [0.25, 0.3) is 5.69 Å². The summed E-state index contributed by atoms with van der Waals surface area (Å²) in [5.41, 5.74) is 1.73. The molecule has 0 saturated heterocycles. The molecule has 2 aromatic rings. The van der Waals surface area contributed by atoms with Crippen LogP contribution in [0.4, 0.5) is 17.1 Å². The molecule has 4 nitrogen and oxygen atoms in total.